The van der Waals surface area contributed by atoms with Crippen LogP contribution in [0.5, 0.6) is 0 Å². The molecule has 0 rings (SSSR count). The smallest absolute Gasteiger partial charge is 0.306 e. The van der Waals surface area contributed by atoms with E-state index in [9.17, 15) is 14.4 Å². The molecule has 0 aromatic rings. The molecular formula is C61H102O6. The standard InChI is InChI=1S/C61H102O6/c1-4-7-10-13-16-19-22-25-28-30-33-35-38-41-44-47-50-53-59(62)65-56-58(67-61(64)55-52-49-46-43-40-37-32-27-24-21-18-15-12-9-6-3)57-66-60(63)54-51-48-45-42-39-36-34-31-29-26-23-20-17-14-11-8-5-2/h9,12,16,18-19,21,25-29,32,34,36,42,45,58H,4-8,10-11,13-15,17,20,22-24,30-31,33,35,37-41,43-44,46-57H2,1-3H3/b12-9-,19-16-,21-18-,28-25-,29-26-,32-27-,36-34-,45-42-/t58-/m1/s1. The molecule has 0 saturated heterocycles. The summed E-state index contributed by atoms with van der Waals surface area (Å²) in [6.07, 6.45) is 72.5. The highest BCUT2D eigenvalue weighted by atomic mass is 16.6. The zero-order valence-electron chi connectivity index (χ0n) is 43.6. The van der Waals surface area contributed by atoms with Crippen molar-refractivity contribution in [1.82, 2.24) is 0 Å². The average Bonchev–Trinajstić information content (AvgIpc) is 3.33. The lowest BCUT2D eigenvalue weighted by Gasteiger charge is -2.18. The van der Waals surface area contributed by atoms with Crippen LogP contribution in [0.4, 0.5) is 0 Å². The number of rotatable bonds is 49. The van der Waals surface area contributed by atoms with Crippen molar-refractivity contribution in [2.24, 2.45) is 0 Å². The molecule has 0 aliphatic heterocycles. The molecule has 6 nitrogen and oxygen atoms in total. The van der Waals surface area contributed by atoms with Crippen LogP contribution in [0.15, 0.2) is 97.2 Å². The Balaban J connectivity index is 4.50. The largest absolute Gasteiger partial charge is 0.462 e. The van der Waals surface area contributed by atoms with Gasteiger partial charge in [-0.2, -0.15) is 0 Å². The molecule has 0 radical (unpaired) electrons. The Labute approximate surface area is 413 Å². The fourth-order valence-electron chi connectivity index (χ4n) is 7.38. The third-order valence-electron chi connectivity index (χ3n) is 11.5. The summed E-state index contributed by atoms with van der Waals surface area (Å²) >= 11 is 0. The van der Waals surface area contributed by atoms with Gasteiger partial charge in [0.15, 0.2) is 6.10 Å². The summed E-state index contributed by atoms with van der Waals surface area (Å²) in [5, 5.41) is 0. The monoisotopic (exact) mass is 931 g/mol. The Hall–Kier alpha value is -3.67. The van der Waals surface area contributed by atoms with Crippen molar-refractivity contribution in [3.63, 3.8) is 0 Å². The SMILES string of the molecule is CC/C=C\C/C=C\C/C=C\CCCCCCCC(=O)O[C@@H](COC(=O)CCC/C=C\C/C=C\C/C=C\CCCCCCCC)COC(=O)CCCCCCCCC/C=C\C/C=C\CCCCC. The molecule has 0 aromatic heterocycles. The fraction of sp³-hybridized carbons (Fsp3) is 0.689. The van der Waals surface area contributed by atoms with Crippen molar-refractivity contribution in [3.05, 3.63) is 97.2 Å². The van der Waals surface area contributed by atoms with Crippen LogP contribution < -0.4 is 0 Å². The second-order valence-corrected chi connectivity index (χ2v) is 18.1. The van der Waals surface area contributed by atoms with Crippen LogP contribution in [0, 0.1) is 0 Å². The third kappa shape index (κ3) is 53.2. The lowest BCUT2D eigenvalue weighted by molar-refractivity contribution is -0.167. The molecule has 67 heavy (non-hydrogen) atoms. The Bertz CT molecular complexity index is 1350. The van der Waals surface area contributed by atoms with Crippen molar-refractivity contribution in [2.75, 3.05) is 13.2 Å². The first-order valence-electron chi connectivity index (χ1n) is 27.7. The van der Waals surface area contributed by atoms with Crippen molar-refractivity contribution in [2.45, 2.75) is 258 Å². The molecular weight excluding hydrogens is 829 g/mol. The number of allylic oxidation sites excluding steroid dienone is 16. The van der Waals surface area contributed by atoms with Gasteiger partial charge in [-0.15, -0.1) is 0 Å². The zero-order valence-corrected chi connectivity index (χ0v) is 43.6. The molecule has 0 amide bonds. The number of hydrogen-bond acceptors (Lipinski definition) is 6. The maximum absolute atomic E-state index is 12.8. The van der Waals surface area contributed by atoms with Crippen molar-refractivity contribution >= 4 is 17.9 Å². The van der Waals surface area contributed by atoms with Gasteiger partial charge in [0.1, 0.15) is 13.2 Å². The maximum atomic E-state index is 12.8. The van der Waals surface area contributed by atoms with Crippen LogP contribution in [-0.2, 0) is 28.6 Å². The number of unbranched alkanes of at least 4 members (excludes halogenated alkanes) is 22. The van der Waals surface area contributed by atoms with Gasteiger partial charge in [0.2, 0.25) is 0 Å². The highest BCUT2D eigenvalue weighted by molar-refractivity contribution is 5.71. The Morgan fingerprint density at radius 2 is 0.597 bits per heavy atom. The molecule has 0 N–H and O–H groups in total. The highest BCUT2D eigenvalue weighted by Gasteiger charge is 2.19. The lowest BCUT2D eigenvalue weighted by atomic mass is 10.1. The topological polar surface area (TPSA) is 78.9 Å². The van der Waals surface area contributed by atoms with Crippen molar-refractivity contribution in [1.29, 1.82) is 0 Å². The quantitative estimate of drug-likeness (QED) is 0.0262. The summed E-state index contributed by atoms with van der Waals surface area (Å²) in [5.74, 6) is -0.984. The van der Waals surface area contributed by atoms with E-state index in [-0.39, 0.29) is 37.5 Å². The first-order chi connectivity index (χ1) is 33.0. The molecule has 6 heteroatoms. The lowest BCUT2D eigenvalue weighted by Crippen LogP contribution is -2.30. The van der Waals surface area contributed by atoms with Gasteiger partial charge >= 0.3 is 17.9 Å². The fourth-order valence-corrected chi connectivity index (χ4v) is 7.38. The number of hydrogen-bond donors (Lipinski definition) is 0. The van der Waals surface area contributed by atoms with E-state index in [4.69, 9.17) is 14.2 Å². The van der Waals surface area contributed by atoms with Gasteiger partial charge in [-0.3, -0.25) is 14.4 Å². The molecule has 0 aliphatic rings. The van der Waals surface area contributed by atoms with Crippen molar-refractivity contribution < 1.29 is 28.6 Å². The van der Waals surface area contributed by atoms with Crippen LogP contribution in [-0.4, -0.2) is 37.2 Å². The third-order valence-corrected chi connectivity index (χ3v) is 11.5. The Morgan fingerprint density at radius 3 is 1.00 bits per heavy atom. The second kappa shape index (κ2) is 54.9. The first kappa shape index (κ1) is 63.3. The van der Waals surface area contributed by atoms with Crippen LogP contribution in [0.2, 0.25) is 0 Å². The number of carbonyl (C=O) groups is 3. The molecule has 0 saturated carbocycles. The van der Waals surface area contributed by atoms with E-state index >= 15 is 0 Å². The normalized spacial score (nSPS) is 12.8. The molecule has 382 valence electrons. The van der Waals surface area contributed by atoms with E-state index in [1.54, 1.807) is 0 Å². The van der Waals surface area contributed by atoms with Gasteiger partial charge in [0, 0.05) is 19.3 Å². The van der Waals surface area contributed by atoms with E-state index in [2.05, 4.69) is 118 Å². The average molecular weight is 931 g/mol. The Kier molecular flexibility index (Phi) is 51.9. The zero-order chi connectivity index (χ0) is 48.6. The molecule has 0 bridgehead atoms. The molecule has 0 aliphatic carbocycles. The predicted molar refractivity (Wildman–Crippen MR) is 288 cm³/mol. The summed E-state index contributed by atoms with van der Waals surface area (Å²) in [6.45, 7) is 6.43. The number of carbonyl (C=O) groups excluding carboxylic acids is 3. The van der Waals surface area contributed by atoms with Gasteiger partial charge in [0.25, 0.3) is 0 Å². The minimum atomic E-state index is -0.811. The predicted octanol–water partition coefficient (Wildman–Crippen LogP) is 18.5. The first-order valence-corrected chi connectivity index (χ1v) is 27.7. The summed E-state index contributed by atoms with van der Waals surface area (Å²) in [7, 11) is 0. The minimum Gasteiger partial charge on any atom is -0.462 e. The van der Waals surface area contributed by atoms with Crippen LogP contribution in [0.3, 0.4) is 0 Å². The number of esters is 3. The summed E-state index contributed by atoms with van der Waals surface area (Å²) < 4.78 is 16.8. The van der Waals surface area contributed by atoms with E-state index in [0.29, 0.717) is 19.3 Å². The molecule has 0 fully saturated rings. The van der Waals surface area contributed by atoms with E-state index in [1.807, 2.05) is 0 Å². The summed E-state index contributed by atoms with van der Waals surface area (Å²) in [5.41, 5.74) is 0. The highest BCUT2D eigenvalue weighted by Crippen LogP contribution is 2.13. The minimum absolute atomic E-state index is 0.105. The van der Waals surface area contributed by atoms with Gasteiger partial charge in [0.05, 0.1) is 0 Å². The van der Waals surface area contributed by atoms with Crippen molar-refractivity contribution in [3.8, 4) is 0 Å². The molecule has 0 spiro atoms. The van der Waals surface area contributed by atoms with Crippen LogP contribution in [0.25, 0.3) is 0 Å². The van der Waals surface area contributed by atoms with Crippen LogP contribution >= 0.6 is 0 Å². The summed E-state index contributed by atoms with van der Waals surface area (Å²) in [6, 6.07) is 0. The molecule has 0 aromatic carbocycles. The van der Waals surface area contributed by atoms with Gasteiger partial charge in [-0.1, -0.05) is 214 Å². The Morgan fingerprint density at radius 1 is 0.313 bits per heavy atom. The van der Waals surface area contributed by atoms with Crippen LogP contribution in [0.1, 0.15) is 252 Å². The van der Waals surface area contributed by atoms with E-state index in [0.717, 1.165) is 109 Å². The van der Waals surface area contributed by atoms with E-state index < -0.39 is 6.10 Å². The van der Waals surface area contributed by atoms with Gasteiger partial charge in [-0.05, 0) is 116 Å². The second-order valence-electron chi connectivity index (χ2n) is 18.1. The molecule has 0 unspecified atom stereocenters. The maximum Gasteiger partial charge on any atom is 0.306 e. The van der Waals surface area contributed by atoms with E-state index in [1.165, 1.54) is 96.3 Å². The van der Waals surface area contributed by atoms with Gasteiger partial charge in [-0.25, -0.2) is 0 Å². The molecule has 0 heterocycles. The van der Waals surface area contributed by atoms with Gasteiger partial charge < -0.3 is 14.2 Å². The summed E-state index contributed by atoms with van der Waals surface area (Å²) in [4.78, 5) is 38.1. The number of ether oxygens (including phenoxy) is 3. The molecule has 1 atom stereocenters.